The van der Waals surface area contributed by atoms with E-state index >= 15 is 0 Å². The van der Waals surface area contributed by atoms with E-state index in [0.29, 0.717) is 18.0 Å². The molecule has 3 saturated heterocycles. The minimum Gasteiger partial charge on any atom is -0.334 e. The van der Waals surface area contributed by atoms with E-state index in [1.165, 1.54) is 19.3 Å². The first-order valence-electron chi connectivity index (χ1n) is 7.01. The van der Waals surface area contributed by atoms with Gasteiger partial charge in [-0.25, -0.2) is 0 Å². The standard InChI is InChI=1S/C14H24N2O/c1-14(2,3)15-8-11-7-12(9-15)16(11)13(17)6-10-4-5-10/h10-12H,4-9H2,1-3H3. The van der Waals surface area contributed by atoms with Gasteiger partial charge in [0.2, 0.25) is 5.91 Å². The summed E-state index contributed by atoms with van der Waals surface area (Å²) in [6.45, 7) is 8.98. The molecule has 3 aliphatic heterocycles. The van der Waals surface area contributed by atoms with E-state index in [0.717, 1.165) is 25.4 Å². The summed E-state index contributed by atoms with van der Waals surface area (Å²) in [5.41, 5.74) is 0.253. The lowest BCUT2D eigenvalue weighted by molar-refractivity contribution is -0.158. The third-order valence-electron chi connectivity index (χ3n) is 4.59. The maximum atomic E-state index is 12.2. The molecule has 0 aromatic heterocycles. The summed E-state index contributed by atoms with van der Waals surface area (Å²) in [6, 6.07) is 1.03. The van der Waals surface area contributed by atoms with Crippen LogP contribution in [0.1, 0.15) is 46.5 Å². The monoisotopic (exact) mass is 236 g/mol. The zero-order valence-corrected chi connectivity index (χ0v) is 11.3. The molecule has 96 valence electrons. The van der Waals surface area contributed by atoms with Gasteiger partial charge in [-0.3, -0.25) is 9.69 Å². The van der Waals surface area contributed by atoms with Gasteiger partial charge in [-0.1, -0.05) is 0 Å². The van der Waals surface area contributed by atoms with Crippen LogP contribution in [0.2, 0.25) is 0 Å². The van der Waals surface area contributed by atoms with Crippen molar-refractivity contribution in [3.05, 3.63) is 0 Å². The van der Waals surface area contributed by atoms with Gasteiger partial charge >= 0.3 is 0 Å². The Balaban J connectivity index is 1.59. The molecule has 3 heteroatoms. The highest BCUT2D eigenvalue weighted by Crippen LogP contribution is 2.39. The Morgan fingerprint density at radius 3 is 2.24 bits per heavy atom. The zero-order chi connectivity index (χ0) is 12.2. The molecular weight excluding hydrogens is 212 g/mol. The molecule has 4 aliphatic rings. The van der Waals surface area contributed by atoms with Crippen molar-refractivity contribution in [2.45, 2.75) is 64.1 Å². The van der Waals surface area contributed by atoms with Crippen LogP contribution in [0.4, 0.5) is 0 Å². The Morgan fingerprint density at radius 1 is 1.18 bits per heavy atom. The highest BCUT2D eigenvalue weighted by Gasteiger charge is 2.49. The molecular formula is C14H24N2O. The van der Waals surface area contributed by atoms with Crippen molar-refractivity contribution < 1.29 is 4.79 Å². The molecule has 2 atom stereocenters. The number of fused-ring (bicyclic) bond motifs is 2. The quantitative estimate of drug-likeness (QED) is 0.731. The average molecular weight is 236 g/mol. The third kappa shape index (κ3) is 2.10. The molecule has 1 amide bonds. The van der Waals surface area contributed by atoms with Gasteiger partial charge in [0.25, 0.3) is 0 Å². The number of carbonyl (C=O) groups is 1. The fourth-order valence-electron chi connectivity index (χ4n) is 3.24. The number of nitrogens with zero attached hydrogens (tertiary/aromatic N) is 2. The number of piperidine rings is 1. The van der Waals surface area contributed by atoms with Crippen LogP contribution in [-0.2, 0) is 4.79 Å². The van der Waals surface area contributed by atoms with Crippen LogP contribution in [0.3, 0.4) is 0 Å². The molecule has 4 rings (SSSR count). The maximum Gasteiger partial charge on any atom is 0.223 e. The first kappa shape index (κ1) is 11.5. The highest BCUT2D eigenvalue weighted by molar-refractivity contribution is 5.78. The molecule has 1 saturated carbocycles. The summed E-state index contributed by atoms with van der Waals surface area (Å²) < 4.78 is 0. The van der Waals surface area contributed by atoms with Gasteiger partial charge in [0.05, 0.1) is 0 Å². The van der Waals surface area contributed by atoms with E-state index in [9.17, 15) is 4.79 Å². The number of rotatable bonds is 2. The predicted octanol–water partition coefficient (Wildman–Crippen LogP) is 1.87. The Hall–Kier alpha value is -0.570. The number of carbonyl (C=O) groups excluding carboxylic acids is 1. The van der Waals surface area contributed by atoms with Gasteiger partial charge in [0.15, 0.2) is 0 Å². The number of hydrogen-bond acceptors (Lipinski definition) is 2. The summed E-state index contributed by atoms with van der Waals surface area (Å²) in [6.07, 6.45) is 4.62. The van der Waals surface area contributed by atoms with Crippen molar-refractivity contribution >= 4 is 5.91 Å². The largest absolute Gasteiger partial charge is 0.334 e. The topological polar surface area (TPSA) is 23.6 Å². The maximum absolute atomic E-state index is 12.2. The van der Waals surface area contributed by atoms with E-state index < -0.39 is 0 Å². The van der Waals surface area contributed by atoms with E-state index in [-0.39, 0.29) is 5.54 Å². The average Bonchev–Trinajstić information content (AvgIpc) is 3.00. The van der Waals surface area contributed by atoms with Gasteiger partial charge in [-0.15, -0.1) is 0 Å². The SMILES string of the molecule is CC(C)(C)N1CC2CC(C1)N2C(=O)CC1CC1. The Bertz CT molecular complexity index is 318. The lowest BCUT2D eigenvalue weighted by Gasteiger charge is -2.59. The fraction of sp³-hybridized carbons (Fsp3) is 0.929. The lowest BCUT2D eigenvalue weighted by Crippen LogP contribution is -2.72. The number of piperazine rings is 1. The van der Waals surface area contributed by atoms with Gasteiger partial charge in [0.1, 0.15) is 0 Å². The third-order valence-corrected chi connectivity index (χ3v) is 4.59. The van der Waals surface area contributed by atoms with Crippen molar-refractivity contribution in [1.82, 2.24) is 9.80 Å². The van der Waals surface area contributed by atoms with Crippen LogP contribution in [0.25, 0.3) is 0 Å². The van der Waals surface area contributed by atoms with Crippen LogP contribution >= 0.6 is 0 Å². The smallest absolute Gasteiger partial charge is 0.223 e. The van der Waals surface area contributed by atoms with Crippen molar-refractivity contribution in [2.24, 2.45) is 5.92 Å². The summed E-state index contributed by atoms with van der Waals surface area (Å²) in [5.74, 6) is 1.16. The van der Waals surface area contributed by atoms with Crippen LogP contribution in [0, 0.1) is 5.92 Å². The molecule has 1 aliphatic carbocycles. The molecule has 0 spiro atoms. The second kappa shape index (κ2) is 3.71. The van der Waals surface area contributed by atoms with E-state index in [1.807, 2.05) is 0 Å². The lowest BCUT2D eigenvalue weighted by atomic mass is 9.84. The van der Waals surface area contributed by atoms with Crippen LogP contribution in [0.5, 0.6) is 0 Å². The summed E-state index contributed by atoms with van der Waals surface area (Å²) in [7, 11) is 0. The summed E-state index contributed by atoms with van der Waals surface area (Å²) in [4.78, 5) is 16.9. The first-order chi connectivity index (χ1) is 7.95. The minimum atomic E-state index is 0.253. The zero-order valence-electron chi connectivity index (χ0n) is 11.3. The van der Waals surface area contributed by atoms with Crippen LogP contribution in [0.15, 0.2) is 0 Å². The van der Waals surface area contributed by atoms with Crippen molar-refractivity contribution in [3.8, 4) is 0 Å². The van der Waals surface area contributed by atoms with Crippen molar-refractivity contribution in [2.75, 3.05) is 13.1 Å². The highest BCUT2D eigenvalue weighted by atomic mass is 16.2. The van der Waals surface area contributed by atoms with Gasteiger partial charge < -0.3 is 4.90 Å². The molecule has 4 fully saturated rings. The predicted molar refractivity (Wildman–Crippen MR) is 67.7 cm³/mol. The van der Waals surface area contributed by atoms with Crippen molar-refractivity contribution in [1.29, 1.82) is 0 Å². The van der Waals surface area contributed by atoms with Gasteiger partial charge in [-0.05, 0) is 46.0 Å². The first-order valence-corrected chi connectivity index (χ1v) is 7.01. The molecule has 0 radical (unpaired) electrons. The minimum absolute atomic E-state index is 0.253. The summed E-state index contributed by atoms with van der Waals surface area (Å²) >= 11 is 0. The van der Waals surface area contributed by atoms with Gasteiger partial charge in [0, 0.05) is 37.1 Å². The second-order valence-electron chi connectivity index (χ2n) is 7.07. The normalized spacial score (nSPS) is 33.5. The fourth-order valence-corrected chi connectivity index (χ4v) is 3.24. The molecule has 3 heterocycles. The number of amides is 1. The molecule has 3 nitrogen and oxygen atoms in total. The van der Waals surface area contributed by atoms with Gasteiger partial charge in [-0.2, -0.15) is 0 Å². The number of hydrogen-bond donors (Lipinski definition) is 0. The second-order valence-corrected chi connectivity index (χ2v) is 7.07. The Kier molecular flexibility index (Phi) is 2.51. The molecule has 0 N–H and O–H groups in total. The Morgan fingerprint density at radius 2 is 1.76 bits per heavy atom. The molecule has 2 bridgehead atoms. The van der Waals surface area contributed by atoms with E-state index in [2.05, 4.69) is 30.6 Å². The van der Waals surface area contributed by atoms with E-state index in [1.54, 1.807) is 0 Å². The van der Waals surface area contributed by atoms with Crippen LogP contribution in [-0.4, -0.2) is 46.4 Å². The molecule has 0 aromatic rings. The van der Waals surface area contributed by atoms with E-state index in [4.69, 9.17) is 0 Å². The molecule has 2 unspecified atom stereocenters. The Labute approximate surface area is 104 Å². The molecule has 17 heavy (non-hydrogen) atoms. The van der Waals surface area contributed by atoms with Crippen molar-refractivity contribution in [3.63, 3.8) is 0 Å². The van der Waals surface area contributed by atoms with Crippen LogP contribution < -0.4 is 0 Å². The molecule has 0 aromatic carbocycles. The summed E-state index contributed by atoms with van der Waals surface area (Å²) in [5, 5.41) is 0.